The molecule has 1 heterocycles. The molecule has 1 fully saturated rings. The standard InChI is InChI=1S/C20H31N3O2/c1-18(24)21-11-5-9-20(25)10-6-12-22-13-15-23(16-14-22)17-19-7-3-2-4-8-19/h2-4,7-8H,5-6,9-17H2,1H3,(H,21,24). The minimum absolute atomic E-state index is 0.0288. The molecule has 1 aliphatic rings. The van der Waals surface area contributed by atoms with E-state index in [1.807, 2.05) is 0 Å². The lowest BCUT2D eigenvalue weighted by Crippen LogP contribution is -2.46. The predicted octanol–water partition coefficient (Wildman–Crippen LogP) is 2.07. The van der Waals surface area contributed by atoms with Gasteiger partial charge in [0.1, 0.15) is 5.78 Å². The molecule has 1 N–H and O–H groups in total. The van der Waals surface area contributed by atoms with E-state index in [2.05, 4.69) is 45.4 Å². The molecular formula is C20H31N3O2. The van der Waals surface area contributed by atoms with Crippen LogP contribution in [0.2, 0.25) is 0 Å². The van der Waals surface area contributed by atoms with Crippen molar-refractivity contribution in [3.8, 4) is 0 Å². The van der Waals surface area contributed by atoms with Gasteiger partial charge in [-0.2, -0.15) is 0 Å². The lowest BCUT2D eigenvalue weighted by atomic mass is 10.1. The van der Waals surface area contributed by atoms with Crippen LogP contribution < -0.4 is 5.32 Å². The van der Waals surface area contributed by atoms with Gasteiger partial charge in [-0.15, -0.1) is 0 Å². The van der Waals surface area contributed by atoms with Gasteiger partial charge in [0.2, 0.25) is 5.91 Å². The highest BCUT2D eigenvalue weighted by atomic mass is 16.1. The summed E-state index contributed by atoms with van der Waals surface area (Å²) in [6, 6.07) is 10.6. The molecule has 5 heteroatoms. The van der Waals surface area contributed by atoms with Gasteiger partial charge in [0, 0.05) is 59.0 Å². The Bertz CT molecular complexity index is 525. The van der Waals surface area contributed by atoms with E-state index in [9.17, 15) is 9.59 Å². The minimum atomic E-state index is -0.0288. The van der Waals surface area contributed by atoms with Crippen LogP contribution in [-0.2, 0) is 16.1 Å². The maximum Gasteiger partial charge on any atom is 0.216 e. The van der Waals surface area contributed by atoms with Crippen molar-refractivity contribution in [3.63, 3.8) is 0 Å². The van der Waals surface area contributed by atoms with Gasteiger partial charge in [-0.1, -0.05) is 30.3 Å². The Morgan fingerprint density at radius 1 is 0.960 bits per heavy atom. The van der Waals surface area contributed by atoms with E-state index in [0.29, 0.717) is 25.2 Å². The molecule has 1 aromatic carbocycles. The van der Waals surface area contributed by atoms with Crippen molar-refractivity contribution in [2.45, 2.75) is 39.2 Å². The van der Waals surface area contributed by atoms with E-state index in [4.69, 9.17) is 0 Å². The summed E-state index contributed by atoms with van der Waals surface area (Å²) in [6.45, 7) is 8.51. The second-order valence-electron chi connectivity index (χ2n) is 6.83. The van der Waals surface area contributed by atoms with Crippen LogP contribution in [0.1, 0.15) is 38.2 Å². The summed E-state index contributed by atoms with van der Waals surface area (Å²) in [7, 11) is 0. The minimum Gasteiger partial charge on any atom is -0.356 e. The van der Waals surface area contributed by atoms with Crippen molar-refractivity contribution in [3.05, 3.63) is 35.9 Å². The zero-order valence-corrected chi connectivity index (χ0v) is 15.4. The van der Waals surface area contributed by atoms with Crippen molar-refractivity contribution < 1.29 is 9.59 Å². The number of nitrogens with one attached hydrogen (secondary N) is 1. The quantitative estimate of drug-likeness (QED) is 0.660. The molecule has 1 aliphatic heterocycles. The Morgan fingerprint density at radius 2 is 1.60 bits per heavy atom. The maximum atomic E-state index is 11.8. The Balaban J connectivity index is 1.52. The highest BCUT2D eigenvalue weighted by Crippen LogP contribution is 2.09. The first-order chi connectivity index (χ1) is 12.1. The van der Waals surface area contributed by atoms with Crippen LogP contribution in [0.3, 0.4) is 0 Å². The number of carbonyl (C=O) groups is 2. The number of hydrogen-bond acceptors (Lipinski definition) is 4. The molecule has 1 saturated heterocycles. The summed E-state index contributed by atoms with van der Waals surface area (Å²) in [5, 5.41) is 2.73. The number of benzene rings is 1. The molecule has 0 aromatic heterocycles. The van der Waals surface area contributed by atoms with Crippen LogP contribution >= 0.6 is 0 Å². The van der Waals surface area contributed by atoms with Gasteiger partial charge in [-0.25, -0.2) is 0 Å². The molecule has 0 bridgehead atoms. The van der Waals surface area contributed by atoms with E-state index < -0.39 is 0 Å². The van der Waals surface area contributed by atoms with E-state index in [1.165, 1.54) is 12.5 Å². The lowest BCUT2D eigenvalue weighted by molar-refractivity contribution is -0.121. The third kappa shape index (κ3) is 8.27. The second kappa shape index (κ2) is 11.0. The van der Waals surface area contributed by atoms with Crippen molar-refractivity contribution >= 4 is 11.7 Å². The van der Waals surface area contributed by atoms with E-state index in [0.717, 1.165) is 52.1 Å². The zero-order valence-electron chi connectivity index (χ0n) is 15.4. The van der Waals surface area contributed by atoms with Crippen LogP contribution in [0.5, 0.6) is 0 Å². The maximum absolute atomic E-state index is 11.8. The summed E-state index contributed by atoms with van der Waals surface area (Å²) in [5.41, 5.74) is 1.38. The summed E-state index contributed by atoms with van der Waals surface area (Å²) >= 11 is 0. The number of nitrogens with zero attached hydrogens (tertiary/aromatic N) is 2. The largest absolute Gasteiger partial charge is 0.356 e. The highest BCUT2D eigenvalue weighted by Gasteiger charge is 2.16. The molecule has 1 aromatic rings. The number of amides is 1. The summed E-state index contributed by atoms with van der Waals surface area (Å²) in [4.78, 5) is 27.6. The molecule has 2 rings (SSSR count). The van der Waals surface area contributed by atoms with Gasteiger partial charge in [0.15, 0.2) is 0 Å². The van der Waals surface area contributed by atoms with Gasteiger partial charge in [0.25, 0.3) is 0 Å². The number of rotatable bonds is 10. The Hall–Kier alpha value is -1.72. The van der Waals surface area contributed by atoms with Crippen LogP contribution in [0.4, 0.5) is 0 Å². The average Bonchev–Trinajstić information content (AvgIpc) is 2.61. The molecule has 0 spiro atoms. The molecule has 138 valence electrons. The van der Waals surface area contributed by atoms with Gasteiger partial charge >= 0.3 is 0 Å². The molecule has 0 aliphatic carbocycles. The van der Waals surface area contributed by atoms with Crippen LogP contribution in [-0.4, -0.2) is 60.8 Å². The second-order valence-corrected chi connectivity index (χ2v) is 6.83. The third-order valence-corrected chi connectivity index (χ3v) is 4.65. The van der Waals surface area contributed by atoms with Crippen molar-refractivity contribution in [1.29, 1.82) is 0 Å². The van der Waals surface area contributed by atoms with Crippen molar-refractivity contribution in [2.24, 2.45) is 0 Å². The highest BCUT2D eigenvalue weighted by molar-refractivity contribution is 5.78. The molecule has 25 heavy (non-hydrogen) atoms. The number of ketones is 1. The third-order valence-electron chi connectivity index (χ3n) is 4.65. The smallest absolute Gasteiger partial charge is 0.216 e. The molecule has 5 nitrogen and oxygen atoms in total. The fourth-order valence-electron chi connectivity index (χ4n) is 3.19. The van der Waals surface area contributed by atoms with Crippen molar-refractivity contribution in [1.82, 2.24) is 15.1 Å². The molecule has 0 atom stereocenters. The van der Waals surface area contributed by atoms with E-state index >= 15 is 0 Å². The summed E-state index contributed by atoms with van der Waals surface area (Å²) in [6.07, 6.45) is 2.92. The number of Topliss-reactive ketones (excluding diaryl/α,β-unsaturated/α-hetero) is 1. The summed E-state index contributed by atoms with van der Waals surface area (Å²) in [5.74, 6) is 0.284. The van der Waals surface area contributed by atoms with Crippen LogP contribution in [0.25, 0.3) is 0 Å². The monoisotopic (exact) mass is 345 g/mol. The van der Waals surface area contributed by atoms with E-state index in [1.54, 1.807) is 0 Å². The van der Waals surface area contributed by atoms with Crippen LogP contribution in [0, 0.1) is 0 Å². The SMILES string of the molecule is CC(=O)NCCCC(=O)CCCN1CCN(Cc2ccccc2)CC1. The zero-order chi connectivity index (χ0) is 17.9. The number of piperazine rings is 1. The summed E-state index contributed by atoms with van der Waals surface area (Å²) < 4.78 is 0. The van der Waals surface area contributed by atoms with E-state index in [-0.39, 0.29) is 5.91 Å². The van der Waals surface area contributed by atoms with Crippen LogP contribution in [0.15, 0.2) is 30.3 Å². The molecule has 0 radical (unpaired) electrons. The topological polar surface area (TPSA) is 52.7 Å². The fraction of sp³-hybridized carbons (Fsp3) is 0.600. The molecule has 1 amide bonds. The number of hydrogen-bond donors (Lipinski definition) is 1. The Labute approximate surface area is 151 Å². The Kier molecular flexibility index (Phi) is 8.63. The first-order valence-corrected chi connectivity index (χ1v) is 9.38. The van der Waals surface area contributed by atoms with Crippen molar-refractivity contribution in [2.75, 3.05) is 39.3 Å². The lowest BCUT2D eigenvalue weighted by Gasteiger charge is -2.34. The average molecular weight is 345 g/mol. The predicted molar refractivity (Wildman–Crippen MR) is 100 cm³/mol. The van der Waals surface area contributed by atoms with Gasteiger partial charge in [-0.3, -0.25) is 14.5 Å². The van der Waals surface area contributed by atoms with Gasteiger partial charge < -0.3 is 10.2 Å². The molecular weight excluding hydrogens is 314 g/mol. The fourth-order valence-corrected chi connectivity index (χ4v) is 3.19. The van der Waals surface area contributed by atoms with Gasteiger partial charge in [-0.05, 0) is 24.9 Å². The first-order valence-electron chi connectivity index (χ1n) is 9.38. The molecule has 0 unspecified atom stereocenters. The first kappa shape index (κ1) is 19.6. The van der Waals surface area contributed by atoms with Gasteiger partial charge in [0.05, 0.1) is 0 Å². The molecule has 0 saturated carbocycles. The normalized spacial score (nSPS) is 15.9. The Morgan fingerprint density at radius 3 is 2.28 bits per heavy atom. The number of carbonyl (C=O) groups excluding carboxylic acids is 2.